The average Bonchev–Trinajstić information content (AvgIpc) is 2.36. The molecule has 0 atom stereocenters. The molecule has 106 valence electrons. The molecule has 20 heavy (non-hydrogen) atoms. The van der Waals surface area contributed by atoms with Gasteiger partial charge in [0.2, 0.25) is 5.91 Å². The number of imide groups is 1. The van der Waals surface area contributed by atoms with Crippen LogP contribution in [0.1, 0.15) is 10.4 Å². The van der Waals surface area contributed by atoms with E-state index in [9.17, 15) is 9.59 Å². The molecule has 0 aromatic heterocycles. The fraction of sp³-hybridized carbons (Fsp3) is 0.0909. The Hall–Kier alpha value is -1.87. The number of aliphatic imine (C=N–C) groups is 1. The number of nitrogens with zero attached hydrogens (tertiary/aromatic N) is 1. The summed E-state index contributed by atoms with van der Waals surface area (Å²) >= 11 is 4.03. The van der Waals surface area contributed by atoms with Gasteiger partial charge in [0.05, 0.1) is 11.3 Å². The van der Waals surface area contributed by atoms with Crippen molar-refractivity contribution in [3.05, 3.63) is 34.3 Å². The lowest BCUT2D eigenvalue weighted by molar-refractivity contribution is -0.117. The molecule has 0 radical (unpaired) electrons. The van der Waals surface area contributed by atoms with Crippen molar-refractivity contribution < 1.29 is 9.59 Å². The number of nitrogens with two attached hydrogens (primary N) is 2. The fourth-order valence-corrected chi connectivity index (χ4v) is 2.13. The molecule has 0 bridgehead atoms. The van der Waals surface area contributed by atoms with Gasteiger partial charge in [-0.2, -0.15) is 4.99 Å². The molecule has 0 aliphatic carbocycles. The van der Waals surface area contributed by atoms with Gasteiger partial charge in [0, 0.05) is 4.47 Å². The summed E-state index contributed by atoms with van der Waals surface area (Å²) in [6, 6.07) is 6.73. The van der Waals surface area contributed by atoms with E-state index < -0.39 is 11.8 Å². The van der Waals surface area contributed by atoms with Crippen molar-refractivity contribution in [1.82, 2.24) is 5.32 Å². The second kappa shape index (κ2) is 7.65. The molecule has 6 N–H and O–H groups in total. The SMILES string of the molecule is N=C(N=C(N)N)SCC(=O)NC(=O)c1ccccc1Br. The van der Waals surface area contributed by atoms with Crippen LogP contribution in [0.5, 0.6) is 0 Å². The van der Waals surface area contributed by atoms with Gasteiger partial charge in [0.15, 0.2) is 11.1 Å². The van der Waals surface area contributed by atoms with Gasteiger partial charge in [-0.1, -0.05) is 23.9 Å². The monoisotopic (exact) mass is 357 g/mol. The maximum absolute atomic E-state index is 11.8. The van der Waals surface area contributed by atoms with Crippen LogP contribution < -0.4 is 16.8 Å². The van der Waals surface area contributed by atoms with E-state index in [1.54, 1.807) is 24.3 Å². The first-order valence-corrected chi connectivity index (χ1v) is 7.07. The topological polar surface area (TPSA) is 134 Å². The Morgan fingerprint density at radius 3 is 2.60 bits per heavy atom. The predicted molar refractivity (Wildman–Crippen MR) is 82.6 cm³/mol. The molecule has 0 heterocycles. The number of halogens is 1. The molecule has 1 rings (SSSR count). The Kier molecular flexibility index (Phi) is 6.19. The maximum Gasteiger partial charge on any atom is 0.259 e. The molecule has 9 heteroatoms. The number of amides is 2. The molecule has 0 aliphatic heterocycles. The van der Waals surface area contributed by atoms with E-state index in [2.05, 4.69) is 26.2 Å². The smallest absolute Gasteiger partial charge is 0.259 e. The number of thioether (sulfide) groups is 1. The minimum Gasteiger partial charge on any atom is -0.370 e. The lowest BCUT2D eigenvalue weighted by atomic mass is 10.2. The normalized spacial score (nSPS) is 9.65. The summed E-state index contributed by atoms with van der Waals surface area (Å²) in [5, 5.41) is 9.34. The summed E-state index contributed by atoms with van der Waals surface area (Å²) in [7, 11) is 0. The van der Waals surface area contributed by atoms with Gasteiger partial charge in [-0.05, 0) is 28.1 Å². The summed E-state index contributed by atoms with van der Waals surface area (Å²) in [6.45, 7) is 0. The van der Waals surface area contributed by atoms with E-state index in [1.807, 2.05) is 0 Å². The number of benzene rings is 1. The highest BCUT2D eigenvalue weighted by atomic mass is 79.9. The fourth-order valence-electron chi connectivity index (χ4n) is 1.16. The summed E-state index contributed by atoms with van der Waals surface area (Å²) < 4.78 is 0.589. The van der Waals surface area contributed by atoms with Crippen molar-refractivity contribution in [1.29, 1.82) is 5.41 Å². The van der Waals surface area contributed by atoms with Gasteiger partial charge in [-0.3, -0.25) is 20.3 Å². The molecule has 0 spiro atoms. The van der Waals surface area contributed by atoms with Crippen molar-refractivity contribution in [2.45, 2.75) is 0 Å². The van der Waals surface area contributed by atoms with Crippen LogP contribution in [0.15, 0.2) is 33.7 Å². The zero-order valence-electron chi connectivity index (χ0n) is 10.2. The van der Waals surface area contributed by atoms with E-state index in [0.29, 0.717) is 10.0 Å². The maximum atomic E-state index is 11.8. The molecule has 2 amide bonds. The van der Waals surface area contributed by atoms with E-state index in [0.717, 1.165) is 11.8 Å². The molecular formula is C11H12BrN5O2S. The number of rotatable bonds is 3. The Bertz CT molecular complexity index is 572. The van der Waals surface area contributed by atoms with Crippen LogP contribution in [-0.2, 0) is 4.79 Å². The van der Waals surface area contributed by atoms with E-state index in [4.69, 9.17) is 16.9 Å². The number of nitrogens with one attached hydrogen (secondary N) is 2. The van der Waals surface area contributed by atoms with Gasteiger partial charge in [0.1, 0.15) is 0 Å². The number of carbonyl (C=O) groups is 2. The van der Waals surface area contributed by atoms with Crippen LogP contribution in [0.4, 0.5) is 0 Å². The first kappa shape index (κ1) is 16.2. The van der Waals surface area contributed by atoms with Gasteiger partial charge in [0.25, 0.3) is 5.91 Å². The summed E-state index contributed by atoms with van der Waals surface area (Å²) in [5.74, 6) is -1.44. The zero-order chi connectivity index (χ0) is 15.1. The number of guanidine groups is 1. The quantitative estimate of drug-likeness (QED) is 0.465. The number of hydrogen-bond acceptors (Lipinski definition) is 4. The highest BCUT2D eigenvalue weighted by Crippen LogP contribution is 2.15. The van der Waals surface area contributed by atoms with Crippen molar-refractivity contribution in [3.8, 4) is 0 Å². The predicted octanol–water partition coefficient (Wildman–Crippen LogP) is 0.647. The minimum atomic E-state index is -0.536. The minimum absolute atomic E-state index is 0.133. The van der Waals surface area contributed by atoms with Crippen LogP contribution in [0, 0.1) is 5.41 Å². The third-order valence-electron chi connectivity index (χ3n) is 1.94. The first-order valence-electron chi connectivity index (χ1n) is 5.30. The molecule has 7 nitrogen and oxygen atoms in total. The highest BCUT2D eigenvalue weighted by molar-refractivity contribution is 9.10. The number of amidine groups is 1. The zero-order valence-corrected chi connectivity index (χ0v) is 12.6. The molecule has 0 saturated heterocycles. The molecule has 0 aliphatic rings. The number of hydrogen-bond donors (Lipinski definition) is 4. The Morgan fingerprint density at radius 1 is 1.35 bits per heavy atom. The van der Waals surface area contributed by atoms with Crippen LogP contribution >= 0.6 is 27.7 Å². The molecule has 0 unspecified atom stereocenters. The van der Waals surface area contributed by atoms with Crippen LogP contribution in [0.2, 0.25) is 0 Å². The van der Waals surface area contributed by atoms with Crippen LogP contribution in [-0.4, -0.2) is 28.7 Å². The van der Waals surface area contributed by atoms with E-state index in [-0.39, 0.29) is 16.9 Å². The van der Waals surface area contributed by atoms with Gasteiger partial charge in [-0.15, -0.1) is 0 Å². The molecule has 1 aromatic rings. The van der Waals surface area contributed by atoms with Crippen LogP contribution in [0.3, 0.4) is 0 Å². The summed E-state index contributed by atoms with van der Waals surface area (Å²) in [6.07, 6.45) is 0. The third kappa shape index (κ3) is 5.41. The highest BCUT2D eigenvalue weighted by Gasteiger charge is 2.13. The average molecular weight is 358 g/mol. The molecule has 0 saturated carbocycles. The summed E-state index contributed by atoms with van der Waals surface area (Å²) in [4.78, 5) is 26.8. The van der Waals surface area contributed by atoms with Crippen LogP contribution in [0.25, 0.3) is 0 Å². The summed E-state index contributed by atoms with van der Waals surface area (Å²) in [5.41, 5.74) is 10.5. The van der Waals surface area contributed by atoms with E-state index >= 15 is 0 Å². The largest absolute Gasteiger partial charge is 0.370 e. The standard InChI is InChI=1S/C11H12BrN5O2S/c12-7-4-2-1-3-6(7)9(19)16-8(18)5-20-11(15)17-10(13)14/h1-4H,5H2,(H,16,18,19)(H5,13,14,15,17). The van der Waals surface area contributed by atoms with E-state index in [1.165, 1.54) is 0 Å². The molecule has 1 aromatic carbocycles. The number of carbonyl (C=O) groups excluding carboxylic acids is 2. The Balaban J connectivity index is 2.51. The second-order valence-electron chi connectivity index (χ2n) is 3.49. The van der Waals surface area contributed by atoms with Gasteiger partial charge >= 0.3 is 0 Å². The lowest BCUT2D eigenvalue weighted by Gasteiger charge is -2.05. The van der Waals surface area contributed by atoms with Crippen molar-refractivity contribution in [3.63, 3.8) is 0 Å². The Morgan fingerprint density at radius 2 is 2.00 bits per heavy atom. The van der Waals surface area contributed by atoms with Gasteiger partial charge in [-0.25, -0.2) is 0 Å². The second-order valence-corrected chi connectivity index (χ2v) is 5.31. The van der Waals surface area contributed by atoms with Crippen molar-refractivity contribution in [2.75, 3.05) is 5.75 Å². The molecular weight excluding hydrogens is 346 g/mol. The van der Waals surface area contributed by atoms with Gasteiger partial charge < -0.3 is 11.5 Å². The Labute approximate surface area is 127 Å². The van der Waals surface area contributed by atoms with Crippen molar-refractivity contribution >= 4 is 50.6 Å². The molecule has 0 fully saturated rings. The lowest BCUT2D eigenvalue weighted by Crippen LogP contribution is -2.32. The van der Waals surface area contributed by atoms with Crippen molar-refractivity contribution in [2.24, 2.45) is 16.5 Å². The third-order valence-corrected chi connectivity index (χ3v) is 3.40. The first-order chi connectivity index (χ1) is 9.40.